The summed E-state index contributed by atoms with van der Waals surface area (Å²) >= 11 is 0. The first kappa shape index (κ1) is 21.5. The third kappa shape index (κ3) is 4.33. The second-order valence-electron chi connectivity index (χ2n) is 7.72. The molecule has 32 heavy (non-hydrogen) atoms. The maximum atomic E-state index is 12.8. The molecule has 1 aromatic carbocycles. The van der Waals surface area contributed by atoms with E-state index < -0.39 is 0 Å². The molecule has 1 N–H and O–H groups in total. The van der Waals surface area contributed by atoms with Crippen molar-refractivity contribution in [3.05, 3.63) is 41.1 Å². The van der Waals surface area contributed by atoms with E-state index in [4.69, 9.17) is 9.47 Å². The first-order chi connectivity index (χ1) is 15.5. The smallest absolute Gasteiger partial charge is 0.249 e. The Hall–Kier alpha value is -3.71. The maximum Gasteiger partial charge on any atom is 0.249 e. The van der Waals surface area contributed by atoms with Crippen LogP contribution in [0.25, 0.3) is 11.4 Å². The Balaban J connectivity index is 1.51. The highest BCUT2D eigenvalue weighted by molar-refractivity contribution is 5.91. The second kappa shape index (κ2) is 9.20. The number of nitrogens with one attached hydrogen (secondary N) is 1. The summed E-state index contributed by atoms with van der Waals surface area (Å²) in [4.78, 5) is 14.0. The molecule has 0 aliphatic carbocycles. The number of carbonyl (C=O) groups excluding carboxylic acids is 1. The van der Waals surface area contributed by atoms with Crippen LogP contribution in [0.3, 0.4) is 0 Å². The number of amides is 1. The fraction of sp³-hybridized carbons (Fsp3) is 0.409. The van der Waals surface area contributed by atoms with Gasteiger partial charge in [-0.05, 0) is 49.6 Å². The van der Waals surface area contributed by atoms with Gasteiger partial charge in [-0.3, -0.25) is 4.79 Å². The lowest BCUT2D eigenvalue weighted by Gasteiger charge is -2.16. The summed E-state index contributed by atoms with van der Waals surface area (Å²) < 4.78 is 12.9. The lowest BCUT2D eigenvalue weighted by atomic mass is 10.2. The molecule has 0 bridgehead atoms. The number of ether oxygens (including phenoxy) is 2. The van der Waals surface area contributed by atoms with Crippen molar-refractivity contribution in [3.8, 4) is 23.2 Å². The molecule has 0 spiro atoms. The van der Waals surface area contributed by atoms with Gasteiger partial charge in [0.2, 0.25) is 11.7 Å². The standard InChI is InChI=1S/C22H25N7O3/c1-14-15(2)28(12-18-8-5-9-32-18)22(19(14)11-23)24-20(30)13-29-26-21(25-27-29)16-6-4-7-17(10-16)31-3/h4,6-7,10,18H,5,8-9,12-13H2,1-3H3,(H,24,30)/t18-/m1/s1. The second-order valence-corrected chi connectivity index (χ2v) is 7.72. The first-order valence-electron chi connectivity index (χ1n) is 10.4. The Bertz CT molecular complexity index is 1170. The molecule has 166 valence electrons. The molecule has 1 aliphatic rings. The van der Waals surface area contributed by atoms with Crippen LogP contribution in [0, 0.1) is 25.2 Å². The maximum absolute atomic E-state index is 12.8. The van der Waals surface area contributed by atoms with Crippen molar-refractivity contribution in [2.45, 2.75) is 45.9 Å². The lowest BCUT2D eigenvalue weighted by molar-refractivity contribution is -0.117. The van der Waals surface area contributed by atoms with Gasteiger partial charge in [0.05, 0.1) is 25.3 Å². The summed E-state index contributed by atoms with van der Waals surface area (Å²) in [6, 6.07) is 9.51. The van der Waals surface area contributed by atoms with Crippen LogP contribution >= 0.6 is 0 Å². The number of methoxy groups -OCH3 is 1. The average molecular weight is 435 g/mol. The number of benzene rings is 1. The number of tetrazole rings is 1. The van der Waals surface area contributed by atoms with Crippen LogP contribution in [-0.4, -0.2) is 50.5 Å². The Morgan fingerprint density at radius 3 is 2.97 bits per heavy atom. The van der Waals surface area contributed by atoms with E-state index in [0.717, 1.165) is 36.3 Å². The van der Waals surface area contributed by atoms with Crippen molar-refractivity contribution in [1.82, 2.24) is 24.8 Å². The van der Waals surface area contributed by atoms with Crippen LogP contribution in [0.5, 0.6) is 5.75 Å². The molecule has 1 fully saturated rings. The monoisotopic (exact) mass is 435 g/mol. The Kier molecular flexibility index (Phi) is 6.18. The van der Waals surface area contributed by atoms with Crippen molar-refractivity contribution >= 4 is 11.7 Å². The van der Waals surface area contributed by atoms with Gasteiger partial charge in [0, 0.05) is 17.9 Å². The molecule has 0 saturated carbocycles. The van der Waals surface area contributed by atoms with Crippen molar-refractivity contribution in [1.29, 1.82) is 5.26 Å². The van der Waals surface area contributed by atoms with Gasteiger partial charge in [-0.1, -0.05) is 12.1 Å². The average Bonchev–Trinajstić information content (AvgIpc) is 3.52. The van der Waals surface area contributed by atoms with Crippen LogP contribution in [0.1, 0.15) is 29.7 Å². The van der Waals surface area contributed by atoms with E-state index >= 15 is 0 Å². The van der Waals surface area contributed by atoms with E-state index in [1.54, 1.807) is 13.2 Å². The fourth-order valence-corrected chi connectivity index (χ4v) is 3.84. The predicted molar refractivity (Wildman–Crippen MR) is 116 cm³/mol. The Labute approximate surface area is 185 Å². The number of nitriles is 1. The summed E-state index contributed by atoms with van der Waals surface area (Å²) in [7, 11) is 1.58. The molecule has 1 amide bonds. The van der Waals surface area contributed by atoms with Crippen molar-refractivity contribution in [2.24, 2.45) is 0 Å². The summed E-state index contributed by atoms with van der Waals surface area (Å²) in [5.41, 5.74) is 2.98. The third-order valence-electron chi connectivity index (χ3n) is 5.67. The van der Waals surface area contributed by atoms with Gasteiger partial charge < -0.3 is 19.4 Å². The minimum atomic E-state index is -0.345. The molecule has 3 aromatic rings. The van der Waals surface area contributed by atoms with Crippen molar-refractivity contribution in [3.63, 3.8) is 0 Å². The van der Waals surface area contributed by atoms with Crippen molar-refractivity contribution < 1.29 is 14.3 Å². The molecular formula is C22H25N7O3. The Morgan fingerprint density at radius 2 is 2.25 bits per heavy atom. The summed E-state index contributed by atoms with van der Waals surface area (Å²) in [5.74, 6) is 1.21. The fourth-order valence-electron chi connectivity index (χ4n) is 3.84. The molecule has 1 aliphatic heterocycles. The van der Waals surface area contributed by atoms with Crippen LogP contribution in [0.2, 0.25) is 0 Å². The number of hydrogen-bond acceptors (Lipinski definition) is 7. The molecule has 10 nitrogen and oxygen atoms in total. The van der Waals surface area contributed by atoms with E-state index in [-0.39, 0.29) is 18.6 Å². The van der Waals surface area contributed by atoms with E-state index in [2.05, 4.69) is 26.8 Å². The first-order valence-corrected chi connectivity index (χ1v) is 10.4. The predicted octanol–water partition coefficient (Wildman–Crippen LogP) is 2.46. The largest absolute Gasteiger partial charge is 0.497 e. The van der Waals surface area contributed by atoms with Crippen molar-refractivity contribution in [2.75, 3.05) is 19.0 Å². The Morgan fingerprint density at radius 1 is 1.41 bits per heavy atom. The highest BCUT2D eigenvalue weighted by atomic mass is 16.5. The van der Waals surface area contributed by atoms with Gasteiger partial charge in [-0.2, -0.15) is 10.1 Å². The lowest BCUT2D eigenvalue weighted by Crippen LogP contribution is -2.24. The number of carbonyl (C=O) groups is 1. The number of hydrogen-bond donors (Lipinski definition) is 1. The van der Waals surface area contributed by atoms with Gasteiger partial charge in [0.15, 0.2) is 0 Å². The van der Waals surface area contributed by atoms with Gasteiger partial charge in [-0.25, -0.2) is 0 Å². The summed E-state index contributed by atoms with van der Waals surface area (Å²) in [6.07, 6.45) is 2.05. The normalized spacial score (nSPS) is 15.5. The van der Waals surface area contributed by atoms with E-state index in [1.165, 1.54) is 4.80 Å². The molecule has 2 aromatic heterocycles. The SMILES string of the molecule is COc1cccc(-c2nnn(CC(=O)Nc3c(C#N)c(C)c(C)n3C[C@H]3CCCO3)n2)c1. The zero-order chi connectivity index (χ0) is 22.7. The summed E-state index contributed by atoms with van der Waals surface area (Å²) in [6.45, 7) is 5.02. The van der Waals surface area contributed by atoms with Gasteiger partial charge >= 0.3 is 0 Å². The molecular weight excluding hydrogens is 410 g/mol. The molecule has 3 heterocycles. The topological polar surface area (TPSA) is 120 Å². The zero-order valence-corrected chi connectivity index (χ0v) is 18.3. The van der Waals surface area contributed by atoms with Crippen LogP contribution in [0.15, 0.2) is 24.3 Å². The number of aromatic nitrogens is 5. The number of rotatable bonds is 7. The van der Waals surface area contributed by atoms with E-state index in [0.29, 0.717) is 29.5 Å². The minimum Gasteiger partial charge on any atom is -0.497 e. The molecule has 10 heteroatoms. The molecule has 0 radical (unpaired) electrons. The highest BCUT2D eigenvalue weighted by Gasteiger charge is 2.24. The van der Waals surface area contributed by atoms with Gasteiger partial charge in [0.1, 0.15) is 24.2 Å². The van der Waals surface area contributed by atoms with E-state index in [1.807, 2.05) is 36.6 Å². The highest BCUT2D eigenvalue weighted by Crippen LogP contribution is 2.28. The zero-order valence-electron chi connectivity index (χ0n) is 18.3. The molecule has 1 saturated heterocycles. The minimum absolute atomic E-state index is 0.0742. The van der Waals surface area contributed by atoms with Crippen LogP contribution in [-0.2, 0) is 22.6 Å². The quantitative estimate of drug-likeness (QED) is 0.605. The molecule has 4 rings (SSSR count). The van der Waals surface area contributed by atoms with Crippen LogP contribution < -0.4 is 10.1 Å². The summed E-state index contributed by atoms with van der Waals surface area (Å²) in [5, 5.41) is 24.9. The van der Waals surface area contributed by atoms with Gasteiger partial charge in [0.25, 0.3) is 0 Å². The number of anilines is 1. The van der Waals surface area contributed by atoms with E-state index in [9.17, 15) is 10.1 Å². The van der Waals surface area contributed by atoms with Crippen LogP contribution in [0.4, 0.5) is 5.82 Å². The third-order valence-corrected chi connectivity index (χ3v) is 5.67. The van der Waals surface area contributed by atoms with Gasteiger partial charge in [-0.15, -0.1) is 10.2 Å². The molecule has 1 atom stereocenters. The number of nitrogens with zero attached hydrogens (tertiary/aromatic N) is 6. The molecule has 0 unspecified atom stereocenters.